The van der Waals surface area contributed by atoms with Crippen molar-refractivity contribution >= 4 is 28.2 Å². The van der Waals surface area contributed by atoms with Crippen LogP contribution < -0.4 is 10.6 Å². The molecule has 3 aliphatic rings. The summed E-state index contributed by atoms with van der Waals surface area (Å²) in [5.74, 6) is -6.40. The summed E-state index contributed by atoms with van der Waals surface area (Å²) < 4.78 is 62.9. The van der Waals surface area contributed by atoms with Crippen molar-refractivity contribution < 1.29 is 106 Å². The number of carbonyl (C=O) groups is 3. The molecule has 3 rings (SSSR count). The molecular weight excluding hydrogens is 712 g/mol. The van der Waals surface area contributed by atoms with Gasteiger partial charge in [0.25, 0.3) is 5.79 Å². The number of hydrogen-bond donors (Lipinski definition) is 13. The number of amides is 2. The maximum atomic E-state index is 12.5. The molecule has 0 aromatic heterocycles. The highest BCUT2D eigenvalue weighted by molar-refractivity contribution is 7.80. The van der Waals surface area contributed by atoms with Crippen LogP contribution in [0.15, 0.2) is 0 Å². The molecule has 16 atom stereocenters. The van der Waals surface area contributed by atoms with E-state index in [-0.39, 0.29) is 0 Å². The Hall–Kier alpha value is -2.28. The third-order valence-corrected chi connectivity index (χ3v) is 8.54. The van der Waals surface area contributed by atoms with Gasteiger partial charge in [-0.15, -0.1) is 0 Å². The van der Waals surface area contributed by atoms with Crippen LogP contribution >= 0.6 is 0 Å². The number of carbonyl (C=O) groups excluding carboxylic acids is 2. The second-order valence-electron chi connectivity index (χ2n) is 11.8. The van der Waals surface area contributed by atoms with E-state index in [1.807, 2.05) is 0 Å². The van der Waals surface area contributed by atoms with E-state index in [4.69, 9.17) is 28.2 Å². The Morgan fingerprint density at radius 1 is 0.900 bits per heavy atom. The molecule has 2 amide bonds. The molecule has 0 aromatic rings. The lowest BCUT2D eigenvalue weighted by Gasteiger charge is -2.48. The van der Waals surface area contributed by atoms with Crippen LogP contribution in [0.2, 0.25) is 0 Å². The summed E-state index contributed by atoms with van der Waals surface area (Å²) in [6.07, 6.45) is -27.0. The number of aliphatic hydroxyl groups excluding tert-OH is 9. The lowest BCUT2D eigenvalue weighted by Crippen LogP contribution is -2.69. The van der Waals surface area contributed by atoms with E-state index in [1.165, 1.54) is 0 Å². The van der Waals surface area contributed by atoms with Crippen molar-refractivity contribution in [3.63, 3.8) is 0 Å². The quantitative estimate of drug-likeness (QED) is 0.0732. The molecule has 1 unspecified atom stereocenters. The highest BCUT2D eigenvalue weighted by Gasteiger charge is 2.57. The predicted molar refractivity (Wildman–Crippen MR) is 152 cm³/mol. The van der Waals surface area contributed by atoms with Crippen molar-refractivity contribution in [2.24, 2.45) is 0 Å². The van der Waals surface area contributed by atoms with Crippen LogP contribution in [0.25, 0.3) is 0 Å². The van der Waals surface area contributed by atoms with Crippen LogP contribution in [0, 0.1) is 0 Å². The van der Waals surface area contributed by atoms with E-state index in [9.17, 15) is 73.9 Å². The summed E-state index contributed by atoms with van der Waals surface area (Å²) in [5, 5.41) is 108. The molecule has 3 saturated heterocycles. The van der Waals surface area contributed by atoms with E-state index in [2.05, 4.69) is 14.8 Å². The van der Waals surface area contributed by atoms with Gasteiger partial charge in [-0.1, -0.05) is 0 Å². The number of aliphatic carboxylic acids is 1. The Bertz CT molecular complexity index is 1290. The summed E-state index contributed by atoms with van der Waals surface area (Å²) in [6.45, 7) is -1.14. The molecule has 0 spiro atoms. The first-order valence-corrected chi connectivity index (χ1v) is 16.2. The van der Waals surface area contributed by atoms with Gasteiger partial charge in [0, 0.05) is 20.3 Å². The van der Waals surface area contributed by atoms with E-state index < -0.39 is 152 Å². The van der Waals surface area contributed by atoms with Gasteiger partial charge in [0.1, 0.15) is 67.1 Å². The molecule has 290 valence electrons. The molecule has 3 fully saturated rings. The fraction of sp³-hybridized carbons (Fsp3) is 0.880. The van der Waals surface area contributed by atoms with Crippen molar-refractivity contribution in [2.45, 2.75) is 118 Å². The molecule has 0 radical (unpaired) electrons. The summed E-state index contributed by atoms with van der Waals surface area (Å²) in [5.41, 5.74) is 0. The van der Waals surface area contributed by atoms with Crippen LogP contribution in [-0.4, -0.2) is 199 Å². The van der Waals surface area contributed by atoms with Gasteiger partial charge in [0.05, 0.1) is 32.0 Å². The first-order chi connectivity index (χ1) is 23.2. The average molecular weight is 755 g/mol. The molecule has 0 aliphatic carbocycles. The van der Waals surface area contributed by atoms with Crippen molar-refractivity contribution in [1.82, 2.24) is 10.6 Å². The number of carboxylic acid groups (broad SMARTS) is 1. The van der Waals surface area contributed by atoms with Gasteiger partial charge in [-0.25, -0.2) is 8.98 Å². The minimum Gasteiger partial charge on any atom is -0.477 e. The van der Waals surface area contributed by atoms with E-state index in [1.54, 1.807) is 0 Å². The fourth-order valence-corrected chi connectivity index (χ4v) is 6.21. The van der Waals surface area contributed by atoms with Gasteiger partial charge in [-0.05, 0) is 0 Å². The van der Waals surface area contributed by atoms with Crippen molar-refractivity contribution in [3.05, 3.63) is 0 Å². The molecule has 13 N–H and O–H groups in total. The summed E-state index contributed by atoms with van der Waals surface area (Å²) in [6, 6.07) is -3.22. The Labute approximate surface area is 283 Å². The SMILES string of the molecule is CC(=O)N[C@H]1[C@H]([C@H](O)[C@H](O)CO)O[C@@](OC[C@H]2OC(O)[C@H](NC(C)=O)[C@@H](O[C@@H]3O[C@H](CO)[C@H](OS(=O)(=O)O)[C@H](O)[C@H]3O)[C@H]2O)(C(=O)O)C[C@@H]1O. The molecule has 3 aliphatic heterocycles. The number of aliphatic hydroxyl groups is 9. The van der Waals surface area contributed by atoms with Crippen LogP contribution in [-0.2, 0) is 52.7 Å². The molecule has 0 bridgehead atoms. The minimum atomic E-state index is -5.24. The van der Waals surface area contributed by atoms with E-state index in [0.29, 0.717) is 0 Å². The zero-order valence-electron chi connectivity index (χ0n) is 26.3. The molecule has 24 nitrogen and oxygen atoms in total. The Morgan fingerprint density at radius 3 is 2.02 bits per heavy atom. The van der Waals surface area contributed by atoms with Crippen LogP contribution in [0.1, 0.15) is 20.3 Å². The smallest absolute Gasteiger partial charge is 0.397 e. The van der Waals surface area contributed by atoms with Gasteiger partial charge in [-0.3, -0.25) is 14.1 Å². The normalized spacial score (nSPS) is 40.8. The van der Waals surface area contributed by atoms with Crippen molar-refractivity contribution in [3.8, 4) is 0 Å². The minimum absolute atomic E-state index is 0.754. The summed E-state index contributed by atoms with van der Waals surface area (Å²) >= 11 is 0. The van der Waals surface area contributed by atoms with Crippen LogP contribution in [0.4, 0.5) is 0 Å². The average Bonchev–Trinajstić information content (AvgIpc) is 3.02. The van der Waals surface area contributed by atoms with Crippen molar-refractivity contribution in [2.75, 3.05) is 19.8 Å². The lowest BCUT2D eigenvalue weighted by molar-refractivity contribution is -0.350. The summed E-state index contributed by atoms with van der Waals surface area (Å²) in [7, 11) is -5.24. The first kappa shape index (κ1) is 42.1. The highest BCUT2D eigenvalue weighted by Crippen LogP contribution is 2.35. The van der Waals surface area contributed by atoms with Gasteiger partial charge in [-0.2, -0.15) is 8.42 Å². The number of nitrogens with one attached hydrogen (secondary N) is 2. The van der Waals surface area contributed by atoms with Gasteiger partial charge >= 0.3 is 16.4 Å². The molecule has 0 saturated carbocycles. The first-order valence-electron chi connectivity index (χ1n) is 14.9. The zero-order chi connectivity index (χ0) is 37.9. The molecular formula is C25H42N2O22S. The Kier molecular flexibility index (Phi) is 14.4. The number of rotatable bonds is 14. The summed E-state index contributed by atoms with van der Waals surface area (Å²) in [4.78, 5) is 36.2. The predicted octanol–water partition coefficient (Wildman–Crippen LogP) is -8.25. The number of carboxylic acids is 1. The van der Waals surface area contributed by atoms with Crippen LogP contribution in [0.5, 0.6) is 0 Å². The monoisotopic (exact) mass is 754 g/mol. The number of hydrogen-bond acceptors (Lipinski definition) is 20. The van der Waals surface area contributed by atoms with Gasteiger partial charge < -0.3 is 85.4 Å². The van der Waals surface area contributed by atoms with Gasteiger partial charge in [0.15, 0.2) is 12.6 Å². The third kappa shape index (κ3) is 9.77. The molecule has 50 heavy (non-hydrogen) atoms. The van der Waals surface area contributed by atoms with E-state index in [0.717, 1.165) is 13.8 Å². The van der Waals surface area contributed by atoms with Crippen molar-refractivity contribution in [1.29, 1.82) is 0 Å². The second-order valence-corrected chi connectivity index (χ2v) is 12.8. The van der Waals surface area contributed by atoms with E-state index >= 15 is 0 Å². The number of ether oxygens (including phenoxy) is 5. The second kappa shape index (κ2) is 17.0. The molecule has 25 heteroatoms. The Morgan fingerprint density at radius 2 is 1.50 bits per heavy atom. The molecule has 3 heterocycles. The standard InChI is InChI=1S/C25H42N2O22S/c1-7(30)26-13-9(32)3-25(24(39)40,48-21(13)15(34)10(33)4-28)44-6-12-16(35)20(14(22(38)45-12)27-8(2)31)47-23-18(37)17(36)19(11(5-29)46-23)49-50(41,42)43/h9-23,28-29,32-38H,3-6H2,1-2H3,(H,26,30)(H,27,31)(H,39,40)(H,41,42,43)/t9-,10+,11+,12+,13+,14+,15+,16-,17+,18+,19-,20+,21+,22?,23-,25+/m0/s1. The lowest BCUT2D eigenvalue weighted by atomic mass is 9.88. The highest BCUT2D eigenvalue weighted by atomic mass is 32.3. The zero-order valence-corrected chi connectivity index (χ0v) is 27.1. The maximum Gasteiger partial charge on any atom is 0.397 e. The van der Waals surface area contributed by atoms with Gasteiger partial charge in [0.2, 0.25) is 11.8 Å². The third-order valence-electron chi connectivity index (χ3n) is 8.07. The maximum absolute atomic E-state index is 12.5. The molecule has 0 aromatic carbocycles. The fourth-order valence-electron chi connectivity index (χ4n) is 5.69. The van der Waals surface area contributed by atoms with Crippen LogP contribution in [0.3, 0.4) is 0 Å². The largest absolute Gasteiger partial charge is 0.477 e. The Balaban J connectivity index is 1.89. The topological polar surface area (TPSA) is 387 Å².